The molecule has 0 aromatic heterocycles. The highest BCUT2D eigenvalue weighted by Gasteiger charge is 2.75. The largest absolute Gasteiger partial charge is 0.479 e. The number of rotatable bonds is 15. The highest BCUT2D eigenvalue weighted by molar-refractivity contribution is 5.88. The van der Waals surface area contributed by atoms with E-state index in [2.05, 4.69) is 26.8 Å². The van der Waals surface area contributed by atoms with Gasteiger partial charge in [-0.25, -0.2) is 9.59 Å². The second kappa shape index (κ2) is 25.5. The summed E-state index contributed by atoms with van der Waals surface area (Å²) in [6, 6.07) is 0. The number of carboxylic acids is 1. The van der Waals surface area contributed by atoms with Crippen molar-refractivity contribution in [2.45, 2.75) is 242 Å². The van der Waals surface area contributed by atoms with Gasteiger partial charge < -0.3 is 118 Å². The lowest BCUT2D eigenvalue weighted by molar-refractivity contribution is -0.399. The van der Waals surface area contributed by atoms with Crippen LogP contribution in [0.15, 0.2) is 23.3 Å². The van der Waals surface area contributed by atoms with Crippen LogP contribution in [0.4, 0.5) is 0 Å². The molecule has 0 aromatic carbocycles. The number of fused-ring (bicyclic) bond motifs is 7. The molecule has 0 amide bonds. The molecule has 500 valence electrons. The molecule has 4 heterocycles. The lowest BCUT2D eigenvalue weighted by Gasteiger charge is -2.72. The first-order valence-electron chi connectivity index (χ1n) is 30.4. The third kappa shape index (κ3) is 11.2. The molecule has 30 atom stereocenters. The van der Waals surface area contributed by atoms with Crippen LogP contribution in [-0.2, 0) is 71.3 Å². The van der Waals surface area contributed by atoms with E-state index in [1.165, 1.54) is 14.0 Å². The van der Waals surface area contributed by atoms with Crippen LogP contribution in [0.5, 0.6) is 0 Å². The second-order valence-corrected chi connectivity index (χ2v) is 27.6. The summed E-state index contributed by atoms with van der Waals surface area (Å²) in [4.78, 5) is 54.7. The van der Waals surface area contributed by atoms with Gasteiger partial charge in [0.2, 0.25) is 0 Å². The van der Waals surface area contributed by atoms with Gasteiger partial charge in [0.05, 0.1) is 56.6 Å². The summed E-state index contributed by atoms with van der Waals surface area (Å²) in [5.74, 6) is -5.21. The number of hydrogen-bond donors (Lipinski definition) is 13. The summed E-state index contributed by atoms with van der Waals surface area (Å²) >= 11 is 0. The summed E-state index contributed by atoms with van der Waals surface area (Å²) in [5.41, 5.74) is -4.88. The fourth-order valence-electron chi connectivity index (χ4n) is 17.3. The molecule has 0 aromatic rings. The van der Waals surface area contributed by atoms with Gasteiger partial charge in [0.1, 0.15) is 91.6 Å². The number of methoxy groups -OCH3 is 1. The summed E-state index contributed by atoms with van der Waals surface area (Å²) < 4.78 is 66.3. The highest BCUT2D eigenvalue weighted by Crippen LogP contribution is 2.76. The number of aliphatic hydroxyl groups excluding tert-OH is 12. The van der Waals surface area contributed by atoms with Gasteiger partial charge in [0, 0.05) is 17.9 Å². The molecule has 4 saturated carbocycles. The maximum absolute atomic E-state index is 15.0. The third-order valence-electron chi connectivity index (χ3n) is 22.5. The minimum absolute atomic E-state index is 0.0385. The topological polar surface area (TPSA) is 433 Å². The van der Waals surface area contributed by atoms with Gasteiger partial charge in [-0.05, 0) is 99.7 Å². The monoisotopic (exact) mass is 1260 g/mol. The van der Waals surface area contributed by atoms with Gasteiger partial charge in [-0.3, -0.25) is 9.59 Å². The zero-order valence-electron chi connectivity index (χ0n) is 51.3. The first-order chi connectivity index (χ1) is 41.2. The number of hydrogen-bond acceptors (Lipinski definition) is 27. The van der Waals surface area contributed by atoms with Crippen molar-refractivity contribution in [1.82, 2.24) is 0 Å². The Morgan fingerprint density at radius 3 is 1.90 bits per heavy atom. The first kappa shape index (κ1) is 68.9. The molecule has 28 heteroatoms. The average Bonchev–Trinajstić information content (AvgIpc) is 0.681. The number of esters is 3. The number of carbonyl (C=O) groups excluding carboxylic acids is 3. The summed E-state index contributed by atoms with van der Waals surface area (Å²) in [5, 5.41) is 144. The number of allylic oxidation sites excluding steroid dienone is 3. The molecule has 9 aliphatic rings. The Kier molecular flexibility index (Phi) is 19.9. The van der Waals surface area contributed by atoms with E-state index in [0.717, 1.165) is 5.57 Å². The Morgan fingerprint density at radius 2 is 1.28 bits per heavy atom. The predicted molar refractivity (Wildman–Crippen MR) is 295 cm³/mol. The Labute approximate surface area is 509 Å². The predicted octanol–water partition coefficient (Wildman–Crippen LogP) is -2.04. The van der Waals surface area contributed by atoms with E-state index in [0.29, 0.717) is 37.7 Å². The van der Waals surface area contributed by atoms with E-state index in [-0.39, 0.29) is 18.8 Å². The molecule has 0 radical (unpaired) electrons. The molecule has 0 bridgehead atoms. The maximum atomic E-state index is 15.0. The van der Waals surface area contributed by atoms with Crippen molar-refractivity contribution in [2.24, 2.45) is 50.2 Å². The van der Waals surface area contributed by atoms with Gasteiger partial charge >= 0.3 is 23.9 Å². The van der Waals surface area contributed by atoms with Crippen LogP contribution in [-0.4, -0.2) is 259 Å². The number of ether oxygens (including phenoxy) is 11. The van der Waals surface area contributed by atoms with E-state index >= 15 is 0 Å². The highest BCUT2D eigenvalue weighted by atomic mass is 16.8. The van der Waals surface area contributed by atoms with Crippen molar-refractivity contribution in [3.63, 3.8) is 0 Å². The standard InChI is InChI=1S/C60H92O28/c1-11-24(2)49(76)88-46-47(81-25(3)63)60(23-62)27(18-55(46,4)5)26-12-13-31-56(6)16-15-34(59(9,54(77)78-10)32(56)14-17-57(31,7)58(26,8)19-33(60)66)83-53-45(87-51-40(72)38(70)37(69)30(20-61)82-51)42(41(73)43(85-53)48(74)75)84-52-44(36(68)29(65)22-80-52)86-50-39(71)35(67)28(64)21-79-50/h11-12,27-47,50-53,61-62,64-73H,13-23H2,1-10H3,(H,74,75)/b24-11-/t27-,28?,29-,30+,31+,32+,33+,34-,35-,36-,37-,38-,39+,40+,41-,42-,43-,44+,45+,46-,47-,50?,51-,52-,53+,56+,57+,58+,59-,60-/m0/s1. The van der Waals surface area contributed by atoms with Crippen molar-refractivity contribution in [1.29, 1.82) is 0 Å². The van der Waals surface area contributed by atoms with E-state index in [1.807, 2.05) is 13.8 Å². The molecule has 13 N–H and O–H groups in total. The Balaban J connectivity index is 1.07. The fraction of sp³-hybridized carbons (Fsp3) is 0.867. The fourth-order valence-corrected chi connectivity index (χ4v) is 17.3. The van der Waals surface area contributed by atoms with E-state index in [4.69, 9.17) is 52.1 Å². The molecule has 0 spiro atoms. The summed E-state index contributed by atoms with van der Waals surface area (Å²) in [6.07, 6.45) is -34.1. The molecule has 5 aliphatic carbocycles. The lowest BCUT2D eigenvalue weighted by Crippen LogP contribution is -2.73. The second-order valence-electron chi connectivity index (χ2n) is 27.6. The number of aliphatic carboxylic acids is 1. The zero-order valence-corrected chi connectivity index (χ0v) is 51.3. The van der Waals surface area contributed by atoms with Gasteiger partial charge in [-0.1, -0.05) is 52.3 Å². The minimum atomic E-state index is -2.31. The Hall–Kier alpha value is -3.44. The van der Waals surface area contributed by atoms with Gasteiger partial charge in [-0.15, -0.1) is 0 Å². The zero-order chi connectivity index (χ0) is 64.9. The van der Waals surface area contributed by atoms with E-state index in [9.17, 15) is 85.6 Å². The molecular weight excluding hydrogens is 1170 g/mol. The first-order valence-corrected chi connectivity index (χ1v) is 30.4. The Morgan fingerprint density at radius 1 is 0.659 bits per heavy atom. The molecule has 88 heavy (non-hydrogen) atoms. The van der Waals surface area contributed by atoms with Crippen LogP contribution in [0, 0.1) is 50.2 Å². The molecule has 2 unspecified atom stereocenters. The van der Waals surface area contributed by atoms with Gasteiger partial charge in [0.25, 0.3) is 0 Å². The number of aliphatic hydroxyl groups is 12. The number of carboxylic acid groups (broad SMARTS) is 1. The Bertz CT molecular complexity index is 2620. The van der Waals surface area contributed by atoms with E-state index in [1.54, 1.807) is 26.8 Å². The van der Waals surface area contributed by atoms with Crippen LogP contribution in [0.3, 0.4) is 0 Å². The molecule has 28 nitrogen and oxygen atoms in total. The minimum Gasteiger partial charge on any atom is -0.479 e. The van der Waals surface area contributed by atoms with E-state index < -0.39 is 230 Å². The smallest absolute Gasteiger partial charge is 0.335 e. The number of carbonyl (C=O) groups is 4. The van der Waals surface area contributed by atoms with Crippen molar-refractivity contribution in [2.75, 3.05) is 33.5 Å². The quantitative estimate of drug-likeness (QED) is 0.0276. The van der Waals surface area contributed by atoms with Crippen molar-refractivity contribution in [3.8, 4) is 0 Å². The molecular formula is C60H92O28. The van der Waals surface area contributed by atoms with Crippen molar-refractivity contribution in [3.05, 3.63) is 23.3 Å². The van der Waals surface area contributed by atoms with Crippen LogP contribution in [0.2, 0.25) is 0 Å². The van der Waals surface area contributed by atoms with Crippen LogP contribution < -0.4 is 0 Å². The van der Waals surface area contributed by atoms with Crippen molar-refractivity contribution >= 4 is 23.9 Å². The molecule has 9 rings (SSSR count). The lowest BCUT2D eigenvalue weighted by atomic mass is 9.33. The SMILES string of the molecule is C/C=C(/C)C(=O)O[C@H]1[C@H](OC(C)=O)[C@]2(CO)[C@H](O)C[C@]3(C)C(=CC[C@@H]4[C@@]5(C)CC[C@H](O[C@@H]6O[C@H](C(=O)O)[C@@H](O)[C@H](O[C@@H]7OC[C@H](O)[C@H](O)[C@H]7OC7OCC(O)[C@H](O)[C@H]7O)[C@H]6O[C@@H]6O[C@H](CO)[C@H](O)[C@H](O)[C@H]6O)[C@@](C)(C(=O)OC)[C@@H]5CC[C@]43C)[C@@H]2CC1(C)C. The van der Waals surface area contributed by atoms with Crippen LogP contribution in [0.1, 0.15) is 107 Å². The molecule has 4 saturated heterocycles. The van der Waals surface area contributed by atoms with Crippen molar-refractivity contribution < 1.29 is 138 Å². The van der Waals surface area contributed by atoms with Crippen LogP contribution >= 0.6 is 0 Å². The normalized spacial score (nSPS) is 50.2. The molecule has 4 aliphatic heterocycles. The van der Waals surface area contributed by atoms with Gasteiger partial charge in [-0.2, -0.15) is 0 Å². The van der Waals surface area contributed by atoms with Gasteiger partial charge in [0.15, 0.2) is 31.3 Å². The molecule has 8 fully saturated rings. The summed E-state index contributed by atoms with van der Waals surface area (Å²) in [6.45, 7) is 13.6. The maximum Gasteiger partial charge on any atom is 0.335 e. The third-order valence-corrected chi connectivity index (χ3v) is 22.5. The average molecular weight is 1260 g/mol. The summed E-state index contributed by atoms with van der Waals surface area (Å²) in [7, 11) is 1.20. The van der Waals surface area contributed by atoms with Crippen LogP contribution in [0.25, 0.3) is 0 Å².